The van der Waals surface area contributed by atoms with E-state index in [2.05, 4.69) is 21.9 Å². The van der Waals surface area contributed by atoms with Crippen LogP contribution in [0.25, 0.3) is 0 Å². The number of sulfonamides is 1. The van der Waals surface area contributed by atoms with Crippen molar-refractivity contribution in [3.63, 3.8) is 0 Å². The number of hydrogen-bond acceptors (Lipinski definition) is 4. The second-order valence-electron chi connectivity index (χ2n) is 5.21. The van der Waals surface area contributed by atoms with Crippen LogP contribution in [-0.4, -0.2) is 32.8 Å². The minimum Gasteiger partial charge on any atom is -0.344 e. The van der Waals surface area contributed by atoms with Crippen LogP contribution in [-0.2, 0) is 19.6 Å². The van der Waals surface area contributed by atoms with Crippen LogP contribution in [0.15, 0.2) is 47.5 Å². The van der Waals surface area contributed by atoms with E-state index >= 15 is 0 Å². The number of amides is 2. The molecule has 0 spiro atoms. The van der Waals surface area contributed by atoms with Crippen molar-refractivity contribution >= 4 is 21.8 Å². The molecule has 7 nitrogen and oxygen atoms in total. The number of benzene rings is 1. The van der Waals surface area contributed by atoms with E-state index in [0.29, 0.717) is 18.5 Å². The molecular weight excluding hydrogens is 318 g/mol. The van der Waals surface area contributed by atoms with Crippen LogP contribution in [0.2, 0.25) is 0 Å². The molecular formula is C15H19N3O4S. The molecule has 0 aromatic heterocycles. The largest absolute Gasteiger partial charge is 0.344 e. The second-order valence-corrected chi connectivity index (χ2v) is 6.98. The van der Waals surface area contributed by atoms with E-state index in [1.807, 2.05) is 0 Å². The van der Waals surface area contributed by atoms with Gasteiger partial charge in [0, 0.05) is 18.7 Å². The van der Waals surface area contributed by atoms with Gasteiger partial charge in [0.25, 0.3) is 0 Å². The van der Waals surface area contributed by atoms with E-state index in [0.717, 1.165) is 0 Å². The van der Waals surface area contributed by atoms with Gasteiger partial charge in [0.1, 0.15) is 6.04 Å². The number of rotatable bonds is 6. The van der Waals surface area contributed by atoms with E-state index < -0.39 is 16.1 Å². The highest BCUT2D eigenvalue weighted by Gasteiger charge is 2.25. The summed E-state index contributed by atoms with van der Waals surface area (Å²) in [5, 5.41) is 5.17. The number of carbonyl (C=O) groups excluding carboxylic acids is 2. The number of nitrogens with one attached hydrogen (secondary N) is 3. The van der Waals surface area contributed by atoms with Gasteiger partial charge in [-0.1, -0.05) is 24.8 Å². The molecule has 0 radical (unpaired) electrons. The fraction of sp³-hybridized carbons (Fsp3) is 0.333. The van der Waals surface area contributed by atoms with Gasteiger partial charge in [0.15, 0.2) is 0 Å². The molecule has 2 amide bonds. The van der Waals surface area contributed by atoms with E-state index in [9.17, 15) is 18.0 Å². The van der Waals surface area contributed by atoms with Crippen molar-refractivity contribution in [2.75, 3.05) is 6.54 Å². The lowest BCUT2D eigenvalue weighted by molar-refractivity contribution is -0.129. The summed E-state index contributed by atoms with van der Waals surface area (Å²) in [5.74, 6) is -0.673. The van der Waals surface area contributed by atoms with Crippen molar-refractivity contribution in [1.82, 2.24) is 15.4 Å². The molecule has 2 rings (SSSR count). The summed E-state index contributed by atoms with van der Waals surface area (Å²) < 4.78 is 26.3. The Hall–Kier alpha value is -2.19. The van der Waals surface area contributed by atoms with Gasteiger partial charge in [-0.3, -0.25) is 9.59 Å². The molecule has 23 heavy (non-hydrogen) atoms. The quantitative estimate of drug-likeness (QED) is 0.693. The van der Waals surface area contributed by atoms with Crippen LogP contribution >= 0.6 is 0 Å². The van der Waals surface area contributed by atoms with Crippen LogP contribution in [0, 0.1) is 0 Å². The summed E-state index contributed by atoms with van der Waals surface area (Å²) in [6, 6.07) is 7.31. The first-order valence-corrected chi connectivity index (χ1v) is 8.69. The average Bonchev–Trinajstić information content (AvgIpc) is 2.51. The van der Waals surface area contributed by atoms with Gasteiger partial charge < -0.3 is 10.6 Å². The number of hydrogen-bond donors (Lipinski definition) is 3. The molecule has 1 aromatic rings. The van der Waals surface area contributed by atoms with Crippen molar-refractivity contribution in [2.24, 2.45) is 0 Å². The lowest BCUT2D eigenvalue weighted by atomic mass is 10.0. The maximum atomic E-state index is 12.0. The normalized spacial score (nSPS) is 18.3. The Bertz CT molecular complexity index is 701. The summed E-state index contributed by atoms with van der Waals surface area (Å²) in [6.45, 7) is 3.62. The van der Waals surface area contributed by atoms with Gasteiger partial charge in [0.2, 0.25) is 21.8 Å². The molecule has 8 heteroatoms. The van der Waals surface area contributed by atoms with Crippen LogP contribution in [0.3, 0.4) is 0 Å². The predicted octanol–water partition coefficient (Wildman–Crippen LogP) is 0.264. The Morgan fingerprint density at radius 1 is 1.30 bits per heavy atom. The summed E-state index contributed by atoms with van der Waals surface area (Å²) in [6.07, 6.45) is 1.06. The van der Waals surface area contributed by atoms with Gasteiger partial charge in [-0.2, -0.15) is 0 Å². The fourth-order valence-electron chi connectivity index (χ4n) is 2.16. The molecule has 1 atom stereocenters. The number of piperidine rings is 1. The molecule has 3 N–H and O–H groups in total. The average molecular weight is 337 g/mol. The van der Waals surface area contributed by atoms with E-state index in [-0.39, 0.29) is 29.7 Å². The predicted molar refractivity (Wildman–Crippen MR) is 84.7 cm³/mol. The number of carbonyl (C=O) groups is 2. The second kappa shape index (κ2) is 7.38. The lowest BCUT2D eigenvalue weighted by Crippen LogP contribution is -2.49. The molecule has 0 bridgehead atoms. The Labute approximate surface area is 135 Å². The Morgan fingerprint density at radius 2 is 2.00 bits per heavy atom. The third-order valence-electron chi connectivity index (χ3n) is 3.38. The summed E-state index contributed by atoms with van der Waals surface area (Å²) in [4.78, 5) is 23.6. The third kappa shape index (κ3) is 4.90. The van der Waals surface area contributed by atoms with Gasteiger partial charge in [-0.25, -0.2) is 13.1 Å². The molecule has 0 aliphatic carbocycles. The van der Waals surface area contributed by atoms with E-state index in [1.165, 1.54) is 12.1 Å². The third-order valence-corrected chi connectivity index (χ3v) is 4.86. The molecule has 1 fully saturated rings. The molecule has 1 unspecified atom stereocenters. The zero-order chi connectivity index (χ0) is 16.9. The van der Waals surface area contributed by atoms with Gasteiger partial charge in [-0.15, -0.1) is 0 Å². The first-order chi connectivity index (χ1) is 10.9. The summed E-state index contributed by atoms with van der Waals surface area (Å²) >= 11 is 0. The minimum atomic E-state index is -3.63. The molecule has 1 aliphatic rings. The first kappa shape index (κ1) is 17.2. The van der Waals surface area contributed by atoms with Gasteiger partial charge in [-0.05, 0) is 25.0 Å². The molecule has 124 valence electrons. The smallest absolute Gasteiger partial charge is 0.246 e. The van der Waals surface area contributed by atoms with Crippen molar-refractivity contribution in [3.8, 4) is 0 Å². The topological polar surface area (TPSA) is 104 Å². The summed E-state index contributed by atoms with van der Waals surface area (Å²) in [5.41, 5.74) is 0.635. The van der Waals surface area contributed by atoms with Crippen LogP contribution < -0.4 is 15.4 Å². The van der Waals surface area contributed by atoms with Gasteiger partial charge in [0.05, 0.1) is 4.90 Å². The van der Waals surface area contributed by atoms with E-state index in [1.54, 1.807) is 18.2 Å². The molecule has 1 heterocycles. The summed E-state index contributed by atoms with van der Waals surface area (Å²) in [7, 11) is -3.63. The highest BCUT2D eigenvalue weighted by atomic mass is 32.2. The zero-order valence-electron chi connectivity index (χ0n) is 12.5. The van der Waals surface area contributed by atoms with Gasteiger partial charge >= 0.3 is 0 Å². The Balaban J connectivity index is 1.79. The van der Waals surface area contributed by atoms with Crippen LogP contribution in [0.4, 0.5) is 0 Å². The van der Waals surface area contributed by atoms with Crippen molar-refractivity contribution in [3.05, 3.63) is 42.6 Å². The highest BCUT2D eigenvalue weighted by Crippen LogP contribution is 2.10. The Kier molecular flexibility index (Phi) is 5.51. The standard InChI is InChI=1S/C15H19N3O4S/c1-11-7-8-13(15(20)17-11)18-14(19)9-10-16-23(21,22)12-5-3-2-4-6-12/h2-6,13,16H,1,7-10H2,(H,17,20)(H,18,19). The maximum Gasteiger partial charge on any atom is 0.246 e. The number of allylic oxidation sites excluding steroid dienone is 1. The van der Waals surface area contributed by atoms with E-state index in [4.69, 9.17) is 0 Å². The molecule has 1 aromatic carbocycles. The SMILES string of the molecule is C=C1CCC(NC(=O)CCNS(=O)(=O)c2ccccc2)C(=O)N1. The minimum absolute atomic E-state index is 0.0376. The lowest BCUT2D eigenvalue weighted by Gasteiger charge is -2.24. The van der Waals surface area contributed by atoms with Crippen molar-refractivity contribution in [1.29, 1.82) is 0 Å². The highest BCUT2D eigenvalue weighted by molar-refractivity contribution is 7.89. The maximum absolute atomic E-state index is 12.0. The van der Waals surface area contributed by atoms with Crippen LogP contribution in [0.1, 0.15) is 19.3 Å². The molecule has 0 saturated carbocycles. The van der Waals surface area contributed by atoms with Crippen molar-refractivity contribution in [2.45, 2.75) is 30.2 Å². The van der Waals surface area contributed by atoms with Crippen LogP contribution in [0.5, 0.6) is 0 Å². The van der Waals surface area contributed by atoms with Crippen molar-refractivity contribution < 1.29 is 18.0 Å². The fourth-order valence-corrected chi connectivity index (χ4v) is 3.21. The Morgan fingerprint density at radius 3 is 2.65 bits per heavy atom. The molecule has 1 saturated heterocycles. The monoisotopic (exact) mass is 337 g/mol. The first-order valence-electron chi connectivity index (χ1n) is 7.21. The zero-order valence-corrected chi connectivity index (χ0v) is 13.4. The molecule has 1 aliphatic heterocycles.